The highest BCUT2D eigenvalue weighted by Gasteiger charge is 2.20. The van der Waals surface area contributed by atoms with Gasteiger partial charge in [0.1, 0.15) is 10.9 Å². The molecule has 1 N–H and O–H groups in total. The highest BCUT2D eigenvalue weighted by atomic mass is 79.9. The van der Waals surface area contributed by atoms with Crippen LogP contribution in [0.5, 0.6) is 0 Å². The van der Waals surface area contributed by atoms with Gasteiger partial charge in [0.15, 0.2) is 0 Å². The maximum Gasteiger partial charge on any atom is 0.331 e. The molecule has 1 aromatic carbocycles. The highest BCUT2D eigenvalue weighted by Crippen LogP contribution is 2.34. The number of aliphatic hydroxyl groups is 1. The predicted octanol–water partition coefficient (Wildman–Crippen LogP) is 3.26. The second-order valence-electron chi connectivity index (χ2n) is 6.44. The average Bonchev–Trinajstić information content (AvgIpc) is 3.02. The van der Waals surface area contributed by atoms with E-state index in [1.807, 2.05) is 38.1 Å². The zero-order chi connectivity index (χ0) is 18.3. The molecule has 0 radical (unpaired) electrons. The fourth-order valence-electron chi connectivity index (χ4n) is 2.80. The minimum absolute atomic E-state index is 0.261. The molecule has 2 aromatic heterocycles. The first-order valence-corrected chi connectivity index (χ1v) is 9.58. The van der Waals surface area contributed by atoms with Crippen molar-refractivity contribution in [3.8, 4) is 0 Å². The third-order valence-corrected chi connectivity index (χ3v) is 5.98. The third kappa shape index (κ3) is 3.23. The van der Waals surface area contributed by atoms with Crippen LogP contribution in [0.25, 0.3) is 10.2 Å². The lowest BCUT2D eigenvalue weighted by Gasteiger charge is -2.11. The Morgan fingerprint density at radius 3 is 2.56 bits per heavy atom. The number of aliphatic hydroxyl groups excluding tert-OH is 1. The number of thiophene rings is 1. The number of rotatable bonds is 4. The Labute approximate surface area is 157 Å². The molecule has 5 nitrogen and oxygen atoms in total. The maximum atomic E-state index is 12.5. The van der Waals surface area contributed by atoms with E-state index in [-0.39, 0.29) is 17.2 Å². The Bertz CT molecular complexity index is 1050. The molecule has 2 heterocycles. The molecule has 1 unspecified atom stereocenters. The molecule has 0 bridgehead atoms. The van der Waals surface area contributed by atoms with Crippen LogP contribution in [-0.4, -0.2) is 14.2 Å². The first kappa shape index (κ1) is 18.1. The summed E-state index contributed by atoms with van der Waals surface area (Å²) >= 11 is 4.74. The van der Waals surface area contributed by atoms with Crippen molar-refractivity contribution in [1.29, 1.82) is 0 Å². The zero-order valence-electron chi connectivity index (χ0n) is 14.2. The number of nitrogens with zero attached hydrogens (tertiary/aromatic N) is 2. The summed E-state index contributed by atoms with van der Waals surface area (Å²) in [4.78, 5) is 26.3. The van der Waals surface area contributed by atoms with Crippen LogP contribution >= 0.6 is 27.3 Å². The molecule has 0 fully saturated rings. The van der Waals surface area contributed by atoms with Gasteiger partial charge in [-0.1, -0.05) is 48.0 Å². The summed E-state index contributed by atoms with van der Waals surface area (Å²) in [5, 5.41) is 11.2. The van der Waals surface area contributed by atoms with E-state index in [0.717, 1.165) is 14.6 Å². The van der Waals surface area contributed by atoms with Gasteiger partial charge < -0.3 is 5.11 Å². The van der Waals surface area contributed by atoms with Gasteiger partial charge in [-0.15, -0.1) is 11.3 Å². The highest BCUT2D eigenvalue weighted by molar-refractivity contribution is 9.10. The lowest BCUT2D eigenvalue weighted by atomic mass is 10.1. The van der Waals surface area contributed by atoms with Crippen LogP contribution < -0.4 is 11.2 Å². The molecule has 0 aliphatic heterocycles. The topological polar surface area (TPSA) is 64.2 Å². The smallest absolute Gasteiger partial charge is 0.331 e. The molecule has 0 spiro atoms. The monoisotopic (exact) mass is 422 g/mol. The number of halogens is 1. The van der Waals surface area contributed by atoms with E-state index in [1.54, 1.807) is 10.6 Å². The fraction of sp³-hybridized carbons (Fsp3) is 0.333. The van der Waals surface area contributed by atoms with E-state index in [2.05, 4.69) is 15.9 Å². The average molecular weight is 423 g/mol. The minimum Gasteiger partial charge on any atom is -0.383 e. The van der Waals surface area contributed by atoms with Crippen LogP contribution in [0, 0.1) is 5.92 Å². The molecule has 3 aromatic rings. The van der Waals surface area contributed by atoms with Gasteiger partial charge in [-0.25, -0.2) is 4.79 Å². The summed E-state index contributed by atoms with van der Waals surface area (Å²) in [6, 6.07) is 9.12. The van der Waals surface area contributed by atoms with Crippen molar-refractivity contribution in [3.05, 3.63) is 66.1 Å². The Hall–Kier alpha value is -1.70. The second kappa shape index (κ2) is 6.90. The second-order valence-corrected chi connectivity index (χ2v) is 8.36. The molecule has 0 aliphatic carbocycles. The van der Waals surface area contributed by atoms with E-state index in [9.17, 15) is 14.7 Å². The molecule has 3 rings (SSSR count). The van der Waals surface area contributed by atoms with Crippen molar-refractivity contribution in [2.45, 2.75) is 26.5 Å². The summed E-state index contributed by atoms with van der Waals surface area (Å²) < 4.78 is 3.56. The summed E-state index contributed by atoms with van der Waals surface area (Å²) in [5.74, 6) is 0.261. The van der Waals surface area contributed by atoms with Gasteiger partial charge in [0.25, 0.3) is 5.56 Å². The fourth-order valence-corrected chi connectivity index (χ4v) is 4.46. The number of hydrogen-bond acceptors (Lipinski definition) is 4. The molecular formula is C18H19BrN2O3S. The normalized spacial score (nSPS) is 12.9. The van der Waals surface area contributed by atoms with Crippen LogP contribution in [0.4, 0.5) is 0 Å². The number of benzene rings is 1. The SMILES string of the molecule is CC(C)Cn1c(=O)n(C)c(=O)c2cc(C(O)c3ccccc3Br)sc21. The molecule has 7 heteroatoms. The van der Waals surface area contributed by atoms with Gasteiger partial charge in [0, 0.05) is 22.9 Å². The third-order valence-electron chi connectivity index (χ3n) is 4.05. The standard InChI is InChI=1S/C18H19BrN2O3S/c1-10(2)9-21-17-12(16(23)20(3)18(21)24)8-14(25-17)15(22)11-6-4-5-7-13(11)19/h4-8,10,15,22H,9H2,1-3H3. The molecular weight excluding hydrogens is 404 g/mol. The van der Waals surface area contributed by atoms with E-state index in [0.29, 0.717) is 21.6 Å². The lowest BCUT2D eigenvalue weighted by molar-refractivity contribution is 0.223. The molecule has 0 aliphatic rings. The van der Waals surface area contributed by atoms with E-state index in [1.165, 1.54) is 18.4 Å². The number of hydrogen-bond donors (Lipinski definition) is 1. The molecule has 0 amide bonds. The molecule has 132 valence electrons. The Morgan fingerprint density at radius 1 is 1.24 bits per heavy atom. The van der Waals surface area contributed by atoms with Crippen molar-refractivity contribution in [1.82, 2.24) is 9.13 Å². The van der Waals surface area contributed by atoms with Gasteiger partial charge in [0.2, 0.25) is 0 Å². The van der Waals surface area contributed by atoms with Crippen molar-refractivity contribution in [3.63, 3.8) is 0 Å². The summed E-state index contributed by atoms with van der Waals surface area (Å²) in [6.45, 7) is 4.57. The van der Waals surface area contributed by atoms with Crippen molar-refractivity contribution >= 4 is 37.5 Å². The van der Waals surface area contributed by atoms with Gasteiger partial charge in [-0.3, -0.25) is 13.9 Å². The van der Waals surface area contributed by atoms with Crippen LogP contribution in [-0.2, 0) is 13.6 Å². The van der Waals surface area contributed by atoms with Crippen LogP contribution in [0.1, 0.15) is 30.4 Å². The summed E-state index contributed by atoms with van der Waals surface area (Å²) in [5.41, 5.74) is 0.0699. The Balaban J connectivity index is 2.23. The first-order valence-electron chi connectivity index (χ1n) is 7.97. The first-order chi connectivity index (χ1) is 11.8. The van der Waals surface area contributed by atoms with Crippen LogP contribution in [0.15, 0.2) is 44.4 Å². The minimum atomic E-state index is -0.861. The Morgan fingerprint density at radius 2 is 1.92 bits per heavy atom. The lowest BCUT2D eigenvalue weighted by Crippen LogP contribution is -2.38. The van der Waals surface area contributed by atoms with Gasteiger partial charge >= 0.3 is 5.69 Å². The molecule has 25 heavy (non-hydrogen) atoms. The maximum absolute atomic E-state index is 12.5. The van der Waals surface area contributed by atoms with E-state index >= 15 is 0 Å². The van der Waals surface area contributed by atoms with Gasteiger partial charge in [-0.2, -0.15) is 0 Å². The van der Waals surface area contributed by atoms with E-state index in [4.69, 9.17) is 0 Å². The van der Waals surface area contributed by atoms with Gasteiger partial charge in [0.05, 0.1) is 5.39 Å². The summed E-state index contributed by atoms with van der Waals surface area (Å²) in [6.07, 6.45) is -0.861. The number of aromatic nitrogens is 2. The summed E-state index contributed by atoms with van der Waals surface area (Å²) in [7, 11) is 1.49. The molecule has 1 atom stereocenters. The molecule has 0 saturated heterocycles. The van der Waals surface area contributed by atoms with E-state index < -0.39 is 6.10 Å². The van der Waals surface area contributed by atoms with Crippen LogP contribution in [0.2, 0.25) is 0 Å². The predicted molar refractivity (Wildman–Crippen MR) is 104 cm³/mol. The molecule has 0 saturated carbocycles. The Kier molecular flexibility index (Phi) is 4.99. The largest absolute Gasteiger partial charge is 0.383 e. The van der Waals surface area contributed by atoms with Crippen LogP contribution in [0.3, 0.4) is 0 Å². The zero-order valence-corrected chi connectivity index (χ0v) is 16.6. The quantitative estimate of drug-likeness (QED) is 0.701. The van der Waals surface area contributed by atoms with Crippen molar-refractivity contribution < 1.29 is 5.11 Å². The number of fused-ring (bicyclic) bond motifs is 1. The van der Waals surface area contributed by atoms with Crippen molar-refractivity contribution in [2.24, 2.45) is 13.0 Å². The van der Waals surface area contributed by atoms with Gasteiger partial charge in [-0.05, 0) is 23.6 Å². The van der Waals surface area contributed by atoms with Crippen molar-refractivity contribution in [2.75, 3.05) is 0 Å².